The maximum atomic E-state index is 6.31. The molecule has 1 heterocycles. The van der Waals surface area contributed by atoms with Crippen molar-refractivity contribution in [3.05, 3.63) is 29.3 Å². The molecule has 2 aliphatic rings. The number of rotatable bonds is 1. The second-order valence-corrected chi connectivity index (χ2v) is 6.17. The van der Waals surface area contributed by atoms with Crippen molar-refractivity contribution in [2.45, 2.75) is 57.9 Å². The third-order valence-electron chi connectivity index (χ3n) is 4.52. The minimum Gasteiger partial charge on any atom is -0.370 e. The molecule has 3 rings (SSSR count). The van der Waals surface area contributed by atoms with E-state index in [4.69, 9.17) is 10.7 Å². The van der Waals surface area contributed by atoms with E-state index in [1.807, 2.05) is 0 Å². The number of anilines is 1. The summed E-state index contributed by atoms with van der Waals surface area (Å²) in [6.45, 7) is 3.15. The van der Waals surface area contributed by atoms with Gasteiger partial charge in [0.1, 0.15) is 0 Å². The van der Waals surface area contributed by atoms with Crippen LogP contribution in [-0.4, -0.2) is 18.5 Å². The molecule has 3 heteroatoms. The van der Waals surface area contributed by atoms with E-state index in [-0.39, 0.29) is 0 Å². The summed E-state index contributed by atoms with van der Waals surface area (Å²) in [4.78, 5) is 7.02. The normalized spacial score (nSPS) is 20.9. The number of fused-ring (bicyclic) bond motifs is 1. The Kier molecular flexibility index (Phi) is 3.95. The Labute approximate surface area is 121 Å². The van der Waals surface area contributed by atoms with Crippen molar-refractivity contribution in [1.82, 2.24) is 0 Å². The van der Waals surface area contributed by atoms with Crippen LogP contribution in [0.1, 0.15) is 49.7 Å². The van der Waals surface area contributed by atoms with Crippen molar-refractivity contribution < 1.29 is 0 Å². The van der Waals surface area contributed by atoms with E-state index in [1.54, 1.807) is 0 Å². The first kappa shape index (κ1) is 13.5. The SMILES string of the molecule is Cc1ccc2c(c1)CCCN2C(N)=NC1CCCCC1. The van der Waals surface area contributed by atoms with Crippen LogP contribution in [0.3, 0.4) is 0 Å². The molecule has 108 valence electrons. The number of nitrogens with zero attached hydrogens (tertiary/aromatic N) is 2. The summed E-state index contributed by atoms with van der Waals surface area (Å²) in [5.41, 5.74) is 10.3. The zero-order chi connectivity index (χ0) is 13.9. The Morgan fingerprint density at radius 2 is 2.00 bits per heavy atom. The van der Waals surface area contributed by atoms with Gasteiger partial charge in [-0.05, 0) is 44.2 Å². The van der Waals surface area contributed by atoms with Gasteiger partial charge in [0.2, 0.25) is 0 Å². The van der Waals surface area contributed by atoms with E-state index >= 15 is 0 Å². The molecule has 1 fully saturated rings. The van der Waals surface area contributed by atoms with Crippen LogP contribution in [0.4, 0.5) is 5.69 Å². The largest absolute Gasteiger partial charge is 0.370 e. The lowest BCUT2D eigenvalue weighted by Gasteiger charge is -2.31. The van der Waals surface area contributed by atoms with Crippen LogP contribution in [0.15, 0.2) is 23.2 Å². The van der Waals surface area contributed by atoms with Gasteiger partial charge in [-0.15, -0.1) is 0 Å². The average Bonchev–Trinajstić information content (AvgIpc) is 2.47. The zero-order valence-electron chi connectivity index (χ0n) is 12.4. The van der Waals surface area contributed by atoms with Gasteiger partial charge >= 0.3 is 0 Å². The van der Waals surface area contributed by atoms with Crippen LogP contribution in [0.25, 0.3) is 0 Å². The van der Waals surface area contributed by atoms with Gasteiger partial charge in [-0.2, -0.15) is 0 Å². The highest BCUT2D eigenvalue weighted by Gasteiger charge is 2.21. The quantitative estimate of drug-likeness (QED) is 0.628. The van der Waals surface area contributed by atoms with Crippen molar-refractivity contribution in [3.8, 4) is 0 Å². The number of aliphatic imine (C=N–C) groups is 1. The molecule has 0 bridgehead atoms. The van der Waals surface area contributed by atoms with Gasteiger partial charge in [0.15, 0.2) is 5.96 Å². The molecule has 1 saturated carbocycles. The lowest BCUT2D eigenvalue weighted by Crippen LogP contribution is -2.41. The first-order valence-electron chi connectivity index (χ1n) is 7.94. The molecule has 0 spiro atoms. The van der Waals surface area contributed by atoms with Gasteiger partial charge in [-0.25, -0.2) is 4.99 Å². The van der Waals surface area contributed by atoms with Gasteiger partial charge in [0, 0.05) is 12.2 Å². The predicted molar refractivity (Wildman–Crippen MR) is 85.3 cm³/mol. The maximum absolute atomic E-state index is 6.31. The van der Waals surface area contributed by atoms with Crippen molar-refractivity contribution in [3.63, 3.8) is 0 Å². The highest BCUT2D eigenvalue weighted by Crippen LogP contribution is 2.28. The number of aryl methyl sites for hydroxylation is 2. The Bertz CT molecular complexity index is 501. The molecule has 2 N–H and O–H groups in total. The van der Waals surface area contributed by atoms with Crippen LogP contribution in [-0.2, 0) is 6.42 Å². The van der Waals surface area contributed by atoms with E-state index in [1.165, 1.54) is 48.9 Å². The number of hydrogen-bond donors (Lipinski definition) is 1. The topological polar surface area (TPSA) is 41.6 Å². The summed E-state index contributed by atoms with van der Waals surface area (Å²) in [5.74, 6) is 0.724. The molecule has 0 atom stereocenters. The van der Waals surface area contributed by atoms with Gasteiger partial charge in [-0.1, -0.05) is 37.0 Å². The second kappa shape index (κ2) is 5.86. The molecule has 0 aromatic heterocycles. The van der Waals surface area contributed by atoms with E-state index in [0.29, 0.717) is 6.04 Å². The van der Waals surface area contributed by atoms with Gasteiger partial charge in [-0.3, -0.25) is 0 Å². The zero-order valence-corrected chi connectivity index (χ0v) is 12.4. The van der Waals surface area contributed by atoms with Crippen LogP contribution < -0.4 is 10.6 Å². The fraction of sp³-hybridized carbons (Fsp3) is 0.588. The number of guanidine groups is 1. The summed E-state index contributed by atoms with van der Waals surface area (Å²) in [6, 6.07) is 7.10. The highest BCUT2D eigenvalue weighted by atomic mass is 15.3. The molecular formula is C17H25N3. The van der Waals surface area contributed by atoms with E-state index in [2.05, 4.69) is 30.0 Å². The van der Waals surface area contributed by atoms with Crippen LogP contribution in [0.5, 0.6) is 0 Å². The summed E-state index contributed by atoms with van der Waals surface area (Å²) < 4.78 is 0. The highest BCUT2D eigenvalue weighted by molar-refractivity contribution is 5.96. The van der Waals surface area contributed by atoms with Crippen LogP contribution in [0, 0.1) is 6.92 Å². The molecule has 0 unspecified atom stereocenters. The molecule has 1 aliphatic heterocycles. The van der Waals surface area contributed by atoms with Gasteiger partial charge in [0.25, 0.3) is 0 Å². The minimum absolute atomic E-state index is 0.444. The molecule has 20 heavy (non-hydrogen) atoms. The Morgan fingerprint density at radius 3 is 2.80 bits per heavy atom. The monoisotopic (exact) mass is 271 g/mol. The van der Waals surface area contributed by atoms with E-state index in [0.717, 1.165) is 25.3 Å². The number of nitrogens with two attached hydrogens (primary N) is 1. The summed E-state index contributed by atoms with van der Waals surface area (Å²) in [6.07, 6.45) is 8.69. The average molecular weight is 271 g/mol. The number of hydrogen-bond acceptors (Lipinski definition) is 1. The molecule has 1 aromatic rings. The summed E-state index contributed by atoms with van der Waals surface area (Å²) in [7, 11) is 0. The Hall–Kier alpha value is -1.51. The summed E-state index contributed by atoms with van der Waals surface area (Å²) >= 11 is 0. The number of benzene rings is 1. The predicted octanol–water partition coefficient (Wildman–Crippen LogP) is 3.40. The lowest BCUT2D eigenvalue weighted by molar-refractivity contribution is 0.442. The lowest BCUT2D eigenvalue weighted by atomic mass is 9.96. The van der Waals surface area contributed by atoms with Crippen molar-refractivity contribution in [1.29, 1.82) is 0 Å². The van der Waals surface area contributed by atoms with Crippen LogP contribution in [0.2, 0.25) is 0 Å². The van der Waals surface area contributed by atoms with E-state index < -0.39 is 0 Å². The molecule has 1 aliphatic carbocycles. The third kappa shape index (κ3) is 2.82. The molecule has 0 amide bonds. The Balaban J connectivity index is 1.82. The summed E-state index contributed by atoms with van der Waals surface area (Å²) in [5, 5.41) is 0. The smallest absolute Gasteiger partial charge is 0.196 e. The van der Waals surface area contributed by atoms with Gasteiger partial charge < -0.3 is 10.6 Å². The molecule has 0 saturated heterocycles. The molecule has 3 nitrogen and oxygen atoms in total. The fourth-order valence-corrected chi connectivity index (χ4v) is 3.43. The molecule has 1 aromatic carbocycles. The molecular weight excluding hydrogens is 246 g/mol. The minimum atomic E-state index is 0.444. The third-order valence-corrected chi connectivity index (χ3v) is 4.52. The van der Waals surface area contributed by atoms with Crippen molar-refractivity contribution in [2.24, 2.45) is 10.7 Å². The first-order valence-corrected chi connectivity index (χ1v) is 7.94. The first-order chi connectivity index (χ1) is 9.74. The fourth-order valence-electron chi connectivity index (χ4n) is 3.43. The van der Waals surface area contributed by atoms with Gasteiger partial charge in [0.05, 0.1) is 6.04 Å². The van der Waals surface area contributed by atoms with Crippen LogP contribution >= 0.6 is 0 Å². The van der Waals surface area contributed by atoms with Crippen molar-refractivity contribution >= 4 is 11.6 Å². The molecule has 0 radical (unpaired) electrons. The second-order valence-electron chi connectivity index (χ2n) is 6.17. The standard InChI is InChI=1S/C17H25N3/c1-13-9-10-16-14(12-13)6-5-11-20(16)17(18)19-15-7-3-2-4-8-15/h9-10,12,15H,2-8,11H2,1H3,(H2,18,19). The maximum Gasteiger partial charge on any atom is 0.196 e. The van der Waals surface area contributed by atoms with E-state index in [9.17, 15) is 0 Å². The Morgan fingerprint density at radius 1 is 1.20 bits per heavy atom. The van der Waals surface area contributed by atoms with Crippen molar-refractivity contribution in [2.75, 3.05) is 11.4 Å².